The molecule has 0 atom stereocenters. The minimum absolute atomic E-state index is 0.332. The summed E-state index contributed by atoms with van der Waals surface area (Å²) in [6.45, 7) is 4.10. The largest absolute Gasteiger partial charge is 0.265 e. The molecule has 96 valence electrons. The van der Waals surface area contributed by atoms with Crippen molar-refractivity contribution in [2.24, 2.45) is 0 Å². The molecule has 0 aliphatic carbocycles. The summed E-state index contributed by atoms with van der Waals surface area (Å²) in [7, 11) is 0. The van der Waals surface area contributed by atoms with Gasteiger partial charge in [0.15, 0.2) is 0 Å². The highest BCUT2D eigenvalue weighted by molar-refractivity contribution is 6.17. The number of hydrogen-bond acceptors (Lipinski definition) is 1. The molecule has 2 rings (SSSR count). The number of hydrogen-bond donors (Lipinski definition) is 0. The normalized spacial score (nSPS) is 10.9. The maximum absolute atomic E-state index is 13.1. The van der Waals surface area contributed by atoms with Crippen LogP contribution in [0.3, 0.4) is 0 Å². The first-order valence-electron chi connectivity index (χ1n) is 5.55. The maximum atomic E-state index is 13.1. The fourth-order valence-corrected chi connectivity index (χ4v) is 2.34. The van der Waals surface area contributed by atoms with Crippen molar-refractivity contribution < 1.29 is 8.78 Å². The Morgan fingerprint density at radius 3 is 2.28 bits per heavy atom. The van der Waals surface area contributed by atoms with Gasteiger partial charge in [0, 0.05) is 17.3 Å². The van der Waals surface area contributed by atoms with Gasteiger partial charge in [-0.05, 0) is 31.5 Å². The van der Waals surface area contributed by atoms with Crippen molar-refractivity contribution >= 4 is 11.6 Å². The molecule has 0 amide bonds. The van der Waals surface area contributed by atoms with E-state index >= 15 is 0 Å². The molecule has 0 aliphatic rings. The first-order valence-corrected chi connectivity index (χ1v) is 6.08. The lowest BCUT2D eigenvalue weighted by Gasteiger charge is -2.05. The van der Waals surface area contributed by atoms with E-state index in [-0.39, 0.29) is 0 Å². The molecule has 0 saturated heterocycles. The third-order valence-corrected chi connectivity index (χ3v) is 3.19. The number of aromatic nitrogens is 2. The minimum atomic E-state index is -0.580. The molecule has 0 unspecified atom stereocenters. The van der Waals surface area contributed by atoms with Crippen LogP contribution in [0, 0.1) is 25.5 Å². The lowest BCUT2D eigenvalue weighted by Crippen LogP contribution is -2.05. The van der Waals surface area contributed by atoms with Crippen molar-refractivity contribution in [2.75, 3.05) is 0 Å². The second-order valence-corrected chi connectivity index (χ2v) is 4.49. The van der Waals surface area contributed by atoms with Crippen molar-refractivity contribution in [3.05, 3.63) is 52.3 Å². The molecule has 2 nitrogen and oxygen atoms in total. The van der Waals surface area contributed by atoms with Crippen LogP contribution in [-0.2, 0) is 12.4 Å². The van der Waals surface area contributed by atoms with Gasteiger partial charge in [0.2, 0.25) is 0 Å². The fourth-order valence-electron chi connectivity index (χ4n) is 1.96. The van der Waals surface area contributed by atoms with E-state index in [1.165, 1.54) is 12.1 Å². The summed E-state index contributed by atoms with van der Waals surface area (Å²) < 4.78 is 27.9. The minimum Gasteiger partial charge on any atom is -0.265 e. The third kappa shape index (κ3) is 2.53. The van der Waals surface area contributed by atoms with Crippen molar-refractivity contribution in [1.29, 1.82) is 0 Å². The molecular weight excluding hydrogens is 258 g/mol. The van der Waals surface area contributed by atoms with Crippen LogP contribution in [0.4, 0.5) is 8.78 Å². The van der Waals surface area contributed by atoms with Crippen LogP contribution in [0.2, 0.25) is 0 Å². The molecule has 5 heteroatoms. The standard InChI is InChI=1S/C13H13ClF2N2/c1-8-13(6-14)9(2)18(17-8)7-10-3-11(15)5-12(16)4-10/h3-5H,6-7H2,1-2H3. The quantitative estimate of drug-likeness (QED) is 0.780. The Balaban J connectivity index is 2.34. The van der Waals surface area contributed by atoms with Crippen molar-refractivity contribution in [1.82, 2.24) is 9.78 Å². The van der Waals surface area contributed by atoms with Gasteiger partial charge in [0.05, 0.1) is 18.1 Å². The molecule has 2 aromatic rings. The third-order valence-electron chi connectivity index (χ3n) is 2.92. The molecule has 18 heavy (non-hydrogen) atoms. The number of rotatable bonds is 3. The average Bonchev–Trinajstić information content (AvgIpc) is 2.52. The molecule has 0 saturated carbocycles. The Morgan fingerprint density at radius 1 is 1.17 bits per heavy atom. The maximum Gasteiger partial charge on any atom is 0.126 e. The Kier molecular flexibility index (Phi) is 3.66. The monoisotopic (exact) mass is 270 g/mol. The molecule has 0 bridgehead atoms. The molecule has 0 aliphatic heterocycles. The summed E-state index contributed by atoms with van der Waals surface area (Å²) in [5, 5.41) is 4.32. The smallest absolute Gasteiger partial charge is 0.126 e. The van der Waals surface area contributed by atoms with Crippen LogP contribution in [0.1, 0.15) is 22.5 Å². The zero-order valence-electron chi connectivity index (χ0n) is 10.2. The molecule has 1 aromatic carbocycles. The van der Waals surface area contributed by atoms with E-state index in [0.29, 0.717) is 18.0 Å². The number of aryl methyl sites for hydroxylation is 1. The van der Waals surface area contributed by atoms with Gasteiger partial charge in [0.25, 0.3) is 0 Å². The summed E-state index contributed by atoms with van der Waals surface area (Å²) in [4.78, 5) is 0. The fraction of sp³-hybridized carbons (Fsp3) is 0.308. The summed E-state index contributed by atoms with van der Waals surface area (Å²) in [6, 6.07) is 3.47. The first-order chi connectivity index (χ1) is 8.51. The summed E-state index contributed by atoms with van der Waals surface area (Å²) >= 11 is 5.83. The number of benzene rings is 1. The highest BCUT2D eigenvalue weighted by atomic mass is 35.5. The number of nitrogens with zero attached hydrogens (tertiary/aromatic N) is 2. The van der Waals surface area contributed by atoms with E-state index in [9.17, 15) is 8.78 Å². The van der Waals surface area contributed by atoms with E-state index in [1.54, 1.807) is 4.68 Å². The molecule has 1 aromatic heterocycles. The second kappa shape index (κ2) is 5.06. The Bertz CT molecular complexity index is 558. The Labute approximate surface area is 109 Å². The van der Waals surface area contributed by atoms with Gasteiger partial charge in [-0.25, -0.2) is 8.78 Å². The van der Waals surface area contributed by atoms with Crippen molar-refractivity contribution in [2.45, 2.75) is 26.3 Å². The van der Waals surface area contributed by atoms with Gasteiger partial charge >= 0.3 is 0 Å². The average molecular weight is 271 g/mol. The van der Waals surface area contributed by atoms with Crippen LogP contribution < -0.4 is 0 Å². The number of halogens is 3. The summed E-state index contributed by atoms with van der Waals surface area (Å²) in [5.74, 6) is -0.775. The van der Waals surface area contributed by atoms with E-state index in [1.807, 2.05) is 13.8 Å². The second-order valence-electron chi connectivity index (χ2n) is 4.22. The van der Waals surface area contributed by atoms with Crippen LogP contribution in [0.5, 0.6) is 0 Å². The Morgan fingerprint density at radius 2 is 1.78 bits per heavy atom. The van der Waals surface area contributed by atoms with Gasteiger partial charge in [-0.1, -0.05) is 0 Å². The molecule has 0 spiro atoms. The zero-order valence-corrected chi connectivity index (χ0v) is 10.9. The molecule has 0 fully saturated rings. The highest BCUT2D eigenvalue weighted by Gasteiger charge is 2.11. The van der Waals surface area contributed by atoms with Gasteiger partial charge in [0.1, 0.15) is 11.6 Å². The SMILES string of the molecule is Cc1nn(Cc2cc(F)cc(F)c2)c(C)c1CCl. The predicted octanol–water partition coefficient (Wildman–Crippen LogP) is 3.57. The highest BCUT2D eigenvalue weighted by Crippen LogP contribution is 2.17. The van der Waals surface area contributed by atoms with Crippen LogP contribution >= 0.6 is 11.6 Å². The van der Waals surface area contributed by atoms with Gasteiger partial charge in [-0.15, -0.1) is 11.6 Å². The molecular formula is C13H13ClF2N2. The molecule has 0 radical (unpaired) electrons. The molecule has 0 N–H and O–H groups in total. The van der Waals surface area contributed by atoms with Crippen LogP contribution in [0.25, 0.3) is 0 Å². The van der Waals surface area contributed by atoms with E-state index in [2.05, 4.69) is 5.10 Å². The van der Waals surface area contributed by atoms with Gasteiger partial charge < -0.3 is 0 Å². The van der Waals surface area contributed by atoms with Gasteiger partial charge in [-0.3, -0.25) is 4.68 Å². The van der Waals surface area contributed by atoms with Crippen molar-refractivity contribution in [3.8, 4) is 0 Å². The summed E-state index contributed by atoms with van der Waals surface area (Å²) in [5.41, 5.74) is 3.28. The molecule has 1 heterocycles. The topological polar surface area (TPSA) is 17.8 Å². The zero-order chi connectivity index (χ0) is 13.3. The lowest BCUT2D eigenvalue weighted by atomic mass is 10.2. The van der Waals surface area contributed by atoms with E-state index in [4.69, 9.17) is 11.6 Å². The lowest BCUT2D eigenvalue weighted by molar-refractivity contribution is 0.572. The summed E-state index contributed by atoms with van der Waals surface area (Å²) in [6.07, 6.45) is 0. The Hall–Kier alpha value is -1.42. The predicted molar refractivity (Wildman–Crippen MR) is 66.7 cm³/mol. The van der Waals surface area contributed by atoms with Gasteiger partial charge in [-0.2, -0.15) is 5.10 Å². The van der Waals surface area contributed by atoms with Crippen LogP contribution in [0.15, 0.2) is 18.2 Å². The van der Waals surface area contributed by atoms with E-state index < -0.39 is 11.6 Å². The van der Waals surface area contributed by atoms with E-state index in [0.717, 1.165) is 23.0 Å². The number of alkyl halides is 1. The van der Waals surface area contributed by atoms with Crippen LogP contribution in [-0.4, -0.2) is 9.78 Å². The first kappa shape index (κ1) is 13.0. The van der Waals surface area contributed by atoms with Crippen molar-refractivity contribution in [3.63, 3.8) is 0 Å².